The Morgan fingerprint density at radius 2 is 2.00 bits per heavy atom. The molecule has 0 aliphatic heterocycles. The van der Waals surface area contributed by atoms with Crippen molar-refractivity contribution < 1.29 is 0 Å². The molecule has 0 saturated carbocycles. The minimum absolute atomic E-state index is 0.685. The van der Waals surface area contributed by atoms with Gasteiger partial charge in [-0.1, -0.05) is 27.6 Å². The lowest BCUT2D eigenvalue weighted by Gasteiger charge is -2.05. The summed E-state index contributed by atoms with van der Waals surface area (Å²) in [6.45, 7) is 2.07. The number of halogens is 1. The van der Waals surface area contributed by atoms with Crippen LogP contribution in [-0.4, -0.2) is 30.0 Å². The van der Waals surface area contributed by atoms with Crippen LogP contribution in [0.25, 0.3) is 39.0 Å². The van der Waals surface area contributed by atoms with Gasteiger partial charge in [-0.05, 0) is 53.7 Å². The number of pyridine rings is 1. The summed E-state index contributed by atoms with van der Waals surface area (Å²) in [5.74, 6) is 0.756. The van der Waals surface area contributed by atoms with Crippen molar-refractivity contribution >= 4 is 43.5 Å². The second-order valence-electron chi connectivity index (χ2n) is 5.78. The first-order valence-corrected chi connectivity index (χ1v) is 8.25. The van der Waals surface area contributed by atoms with Crippen molar-refractivity contribution in [1.29, 1.82) is 0 Å². The van der Waals surface area contributed by atoms with E-state index in [1.165, 1.54) is 5.56 Å². The third-order valence-electron chi connectivity index (χ3n) is 4.12. The molecule has 116 valence electrons. The van der Waals surface area contributed by atoms with E-state index in [0.29, 0.717) is 5.65 Å². The van der Waals surface area contributed by atoms with Crippen LogP contribution in [0.4, 0.5) is 0 Å². The number of rotatable bonds is 1. The zero-order chi connectivity index (χ0) is 16.3. The van der Waals surface area contributed by atoms with Crippen LogP contribution in [0.2, 0.25) is 0 Å². The van der Waals surface area contributed by atoms with Crippen molar-refractivity contribution in [3.63, 3.8) is 0 Å². The molecule has 0 spiro atoms. The van der Waals surface area contributed by atoms with Gasteiger partial charge in [-0.3, -0.25) is 0 Å². The van der Waals surface area contributed by atoms with E-state index in [-0.39, 0.29) is 0 Å². The second kappa shape index (κ2) is 4.85. The number of benzene rings is 2. The molecule has 0 aliphatic carbocycles. The summed E-state index contributed by atoms with van der Waals surface area (Å²) in [7, 11) is 0. The molecule has 6 nitrogen and oxygen atoms in total. The van der Waals surface area contributed by atoms with E-state index < -0.39 is 0 Å². The molecule has 7 heteroatoms. The fraction of sp³-hybridized carbons (Fsp3) is 0.0588. The van der Waals surface area contributed by atoms with Crippen molar-refractivity contribution in [1.82, 2.24) is 30.0 Å². The zero-order valence-corrected chi connectivity index (χ0v) is 14.2. The lowest BCUT2D eigenvalue weighted by atomic mass is 10.1. The monoisotopic (exact) mass is 378 g/mol. The Kier molecular flexibility index (Phi) is 2.75. The van der Waals surface area contributed by atoms with Crippen molar-refractivity contribution in [3.8, 4) is 11.4 Å². The number of hydrogen-bond donors (Lipinski definition) is 1. The van der Waals surface area contributed by atoms with Gasteiger partial charge in [0, 0.05) is 9.86 Å². The molecular formula is C17H11BrN6. The van der Waals surface area contributed by atoms with E-state index >= 15 is 0 Å². The van der Waals surface area contributed by atoms with Crippen molar-refractivity contribution in [2.24, 2.45) is 0 Å². The maximum absolute atomic E-state index is 4.70. The predicted molar refractivity (Wildman–Crippen MR) is 95.8 cm³/mol. The molecule has 24 heavy (non-hydrogen) atoms. The molecule has 5 aromatic rings. The predicted octanol–water partition coefficient (Wildman–Crippen LogP) is 3.89. The highest BCUT2D eigenvalue weighted by Crippen LogP contribution is 2.29. The Bertz CT molecular complexity index is 1240. The quantitative estimate of drug-likeness (QED) is 0.480. The van der Waals surface area contributed by atoms with Crippen LogP contribution in [0, 0.1) is 6.92 Å². The van der Waals surface area contributed by atoms with Gasteiger partial charge in [-0.25, -0.2) is 4.98 Å². The fourth-order valence-electron chi connectivity index (χ4n) is 3.00. The minimum atomic E-state index is 0.685. The number of aryl methyl sites for hydroxylation is 1. The third-order valence-corrected chi connectivity index (χ3v) is 4.61. The van der Waals surface area contributed by atoms with Gasteiger partial charge < -0.3 is 4.98 Å². The maximum atomic E-state index is 4.70. The van der Waals surface area contributed by atoms with Gasteiger partial charge in [0.2, 0.25) is 0 Å². The Morgan fingerprint density at radius 3 is 2.92 bits per heavy atom. The van der Waals surface area contributed by atoms with Crippen LogP contribution in [0.1, 0.15) is 5.56 Å². The molecule has 5 rings (SSSR count). The van der Waals surface area contributed by atoms with Crippen molar-refractivity contribution in [2.75, 3.05) is 0 Å². The van der Waals surface area contributed by atoms with Crippen LogP contribution >= 0.6 is 15.9 Å². The molecule has 0 fully saturated rings. The van der Waals surface area contributed by atoms with Crippen molar-refractivity contribution in [3.05, 3.63) is 52.5 Å². The lowest BCUT2D eigenvalue weighted by Crippen LogP contribution is -1.95. The first-order chi connectivity index (χ1) is 11.7. The van der Waals surface area contributed by atoms with E-state index in [2.05, 4.69) is 61.6 Å². The first-order valence-electron chi connectivity index (χ1n) is 7.46. The Hall–Kier alpha value is -2.80. The molecule has 3 heterocycles. The highest BCUT2D eigenvalue weighted by atomic mass is 79.9. The third kappa shape index (κ3) is 1.94. The van der Waals surface area contributed by atoms with Gasteiger partial charge in [0.05, 0.1) is 22.1 Å². The number of hydrogen-bond acceptors (Lipinski definition) is 4. The fourth-order valence-corrected chi connectivity index (χ4v) is 3.36. The Labute approximate surface area is 144 Å². The number of aromatic amines is 1. The molecule has 0 amide bonds. The number of nitrogens with one attached hydrogen (secondary N) is 1. The topological polar surface area (TPSA) is 71.8 Å². The van der Waals surface area contributed by atoms with Gasteiger partial charge >= 0.3 is 0 Å². The van der Waals surface area contributed by atoms with Gasteiger partial charge in [-0.2, -0.15) is 4.52 Å². The smallest absolute Gasteiger partial charge is 0.190 e. The number of nitrogens with zero attached hydrogens (tertiary/aromatic N) is 5. The highest BCUT2D eigenvalue weighted by molar-refractivity contribution is 9.10. The molecular weight excluding hydrogens is 368 g/mol. The molecule has 2 aromatic carbocycles. The standard InChI is InChI=1S/C17H11BrN6/c1-9-2-5-15-10(6-9)7-12(17-21-22-23-24(15)17)16-19-13-4-3-11(18)8-14(13)20-16/h2-8H,1H3,(H,19,20). The van der Waals surface area contributed by atoms with Crippen LogP contribution in [-0.2, 0) is 0 Å². The number of aromatic nitrogens is 6. The average molecular weight is 379 g/mol. The van der Waals surface area contributed by atoms with Crippen molar-refractivity contribution in [2.45, 2.75) is 6.92 Å². The largest absolute Gasteiger partial charge is 0.338 e. The lowest BCUT2D eigenvalue weighted by molar-refractivity contribution is 0.841. The van der Waals surface area contributed by atoms with Gasteiger partial charge in [-0.15, -0.1) is 5.10 Å². The number of tetrazole rings is 1. The summed E-state index contributed by atoms with van der Waals surface area (Å²) in [5, 5.41) is 13.2. The summed E-state index contributed by atoms with van der Waals surface area (Å²) in [4.78, 5) is 8.06. The number of H-pyrrole nitrogens is 1. The molecule has 0 bridgehead atoms. The summed E-state index contributed by atoms with van der Waals surface area (Å²) in [5.41, 5.74) is 5.60. The van der Waals surface area contributed by atoms with Crippen LogP contribution in [0.3, 0.4) is 0 Å². The second-order valence-corrected chi connectivity index (χ2v) is 6.70. The van der Waals surface area contributed by atoms with Crippen LogP contribution in [0.5, 0.6) is 0 Å². The Balaban J connectivity index is 1.87. The van der Waals surface area contributed by atoms with Crippen LogP contribution in [0.15, 0.2) is 46.9 Å². The van der Waals surface area contributed by atoms with E-state index in [1.807, 2.05) is 24.3 Å². The first kappa shape index (κ1) is 13.6. The van der Waals surface area contributed by atoms with Gasteiger partial charge in [0.25, 0.3) is 0 Å². The maximum Gasteiger partial charge on any atom is 0.190 e. The van der Waals surface area contributed by atoms with Crippen LogP contribution < -0.4 is 0 Å². The molecule has 0 unspecified atom stereocenters. The molecule has 0 radical (unpaired) electrons. The molecule has 0 saturated heterocycles. The molecule has 0 atom stereocenters. The molecule has 3 aromatic heterocycles. The SMILES string of the molecule is Cc1ccc2c(c1)cc(-c1nc3ccc(Br)cc3[nH]1)c1nnnn12. The summed E-state index contributed by atoms with van der Waals surface area (Å²) in [6.07, 6.45) is 0. The summed E-state index contributed by atoms with van der Waals surface area (Å²) >= 11 is 3.49. The Morgan fingerprint density at radius 1 is 1.08 bits per heavy atom. The normalized spacial score (nSPS) is 11.8. The summed E-state index contributed by atoms with van der Waals surface area (Å²) in [6, 6.07) is 14.3. The van der Waals surface area contributed by atoms with E-state index in [0.717, 1.165) is 37.8 Å². The van der Waals surface area contributed by atoms with E-state index in [1.54, 1.807) is 4.52 Å². The van der Waals surface area contributed by atoms with Gasteiger partial charge in [0.15, 0.2) is 5.65 Å². The van der Waals surface area contributed by atoms with Gasteiger partial charge in [0.1, 0.15) is 5.82 Å². The zero-order valence-electron chi connectivity index (χ0n) is 12.7. The average Bonchev–Trinajstić information content (AvgIpc) is 3.19. The molecule has 1 N–H and O–H groups in total. The summed E-state index contributed by atoms with van der Waals surface area (Å²) < 4.78 is 2.77. The van der Waals surface area contributed by atoms with E-state index in [4.69, 9.17) is 4.98 Å². The number of fused-ring (bicyclic) bond motifs is 4. The highest BCUT2D eigenvalue weighted by Gasteiger charge is 2.15. The minimum Gasteiger partial charge on any atom is -0.338 e. The number of imidazole rings is 1. The molecule has 0 aliphatic rings. The van der Waals surface area contributed by atoms with E-state index in [9.17, 15) is 0 Å².